The first-order valence-corrected chi connectivity index (χ1v) is 6.03. The number of pyridine rings is 1. The van der Waals surface area contributed by atoms with Crippen molar-refractivity contribution in [2.45, 2.75) is 19.4 Å². The van der Waals surface area contributed by atoms with Crippen LogP contribution in [0.2, 0.25) is 0 Å². The number of hydrogen-bond acceptors (Lipinski definition) is 3. The molecule has 2 aromatic rings. The van der Waals surface area contributed by atoms with Crippen LogP contribution < -0.4 is 5.32 Å². The smallest absolute Gasteiger partial charge is 0.146 e. The Morgan fingerprint density at radius 2 is 2.33 bits per heavy atom. The third kappa shape index (κ3) is 2.73. The molecular formula is C13H17FN4. The summed E-state index contributed by atoms with van der Waals surface area (Å²) in [5.41, 5.74) is 1.40. The SMILES string of the molecule is CCCNC(c1cn(C)cn1)c1ccncc1F. The lowest BCUT2D eigenvalue weighted by atomic mass is 10.1. The first kappa shape index (κ1) is 12.7. The number of imidazole rings is 1. The third-order valence-electron chi connectivity index (χ3n) is 2.73. The Balaban J connectivity index is 2.33. The van der Waals surface area contributed by atoms with Crippen molar-refractivity contribution in [3.8, 4) is 0 Å². The van der Waals surface area contributed by atoms with Crippen molar-refractivity contribution in [2.75, 3.05) is 6.54 Å². The van der Waals surface area contributed by atoms with Gasteiger partial charge in [0.15, 0.2) is 0 Å². The molecule has 1 N–H and O–H groups in total. The van der Waals surface area contributed by atoms with E-state index in [1.807, 2.05) is 17.8 Å². The van der Waals surface area contributed by atoms with Crippen molar-refractivity contribution in [3.05, 3.63) is 48.1 Å². The molecule has 96 valence electrons. The number of nitrogens with zero attached hydrogens (tertiary/aromatic N) is 3. The molecule has 2 heterocycles. The van der Waals surface area contributed by atoms with Gasteiger partial charge in [-0.3, -0.25) is 4.98 Å². The molecule has 1 unspecified atom stereocenters. The minimum atomic E-state index is -0.309. The third-order valence-corrected chi connectivity index (χ3v) is 2.73. The summed E-state index contributed by atoms with van der Waals surface area (Å²) in [6.07, 6.45) is 7.43. The fourth-order valence-corrected chi connectivity index (χ4v) is 1.86. The number of halogens is 1. The zero-order valence-corrected chi connectivity index (χ0v) is 10.6. The van der Waals surface area contributed by atoms with E-state index in [2.05, 4.69) is 22.2 Å². The summed E-state index contributed by atoms with van der Waals surface area (Å²) in [7, 11) is 1.90. The Kier molecular flexibility index (Phi) is 4.04. The topological polar surface area (TPSA) is 42.7 Å². The average Bonchev–Trinajstić information content (AvgIpc) is 2.78. The molecule has 0 spiro atoms. The van der Waals surface area contributed by atoms with Crippen LogP contribution in [0.15, 0.2) is 31.0 Å². The van der Waals surface area contributed by atoms with Gasteiger partial charge in [0.2, 0.25) is 0 Å². The van der Waals surface area contributed by atoms with E-state index in [1.54, 1.807) is 18.6 Å². The standard InChI is InChI=1S/C13H17FN4/c1-3-5-16-13(12-8-18(2)9-17-12)10-4-6-15-7-11(10)14/h4,6-9,13,16H,3,5H2,1-2H3. The Morgan fingerprint density at radius 3 is 2.94 bits per heavy atom. The van der Waals surface area contributed by atoms with Crippen LogP contribution in [-0.2, 0) is 7.05 Å². The van der Waals surface area contributed by atoms with Crippen molar-refractivity contribution < 1.29 is 4.39 Å². The number of nitrogens with one attached hydrogen (secondary N) is 1. The summed E-state index contributed by atoms with van der Waals surface area (Å²) in [4.78, 5) is 8.08. The van der Waals surface area contributed by atoms with Crippen molar-refractivity contribution in [1.29, 1.82) is 0 Å². The van der Waals surface area contributed by atoms with Crippen LogP contribution >= 0.6 is 0 Å². The molecule has 0 saturated heterocycles. The summed E-state index contributed by atoms with van der Waals surface area (Å²) in [5.74, 6) is -0.309. The summed E-state index contributed by atoms with van der Waals surface area (Å²) < 4.78 is 15.7. The van der Waals surface area contributed by atoms with E-state index < -0.39 is 0 Å². The quantitative estimate of drug-likeness (QED) is 0.880. The molecule has 1 atom stereocenters. The fourth-order valence-electron chi connectivity index (χ4n) is 1.86. The minimum absolute atomic E-state index is 0.228. The normalized spacial score (nSPS) is 12.6. The molecular weight excluding hydrogens is 231 g/mol. The predicted octanol–water partition coefficient (Wildman–Crippen LogP) is 2.04. The van der Waals surface area contributed by atoms with Crippen LogP contribution in [0.1, 0.15) is 30.6 Å². The molecule has 4 nitrogen and oxygen atoms in total. The van der Waals surface area contributed by atoms with E-state index >= 15 is 0 Å². The molecule has 18 heavy (non-hydrogen) atoms. The van der Waals surface area contributed by atoms with Crippen molar-refractivity contribution in [1.82, 2.24) is 19.9 Å². The van der Waals surface area contributed by atoms with Gasteiger partial charge in [0.25, 0.3) is 0 Å². The molecule has 0 radical (unpaired) electrons. The monoisotopic (exact) mass is 248 g/mol. The highest BCUT2D eigenvalue weighted by atomic mass is 19.1. The zero-order valence-electron chi connectivity index (χ0n) is 10.6. The van der Waals surface area contributed by atoms with E-state index in [4.69, 9.17) is 0 Å². The number of rotatable bonds is 5. The van der Waals surface area contributed by atoms with Crippen LogP contribution in [0.3, 0.4) is 0 Å². The highest BCUT2D eigenvalue weighted by molar-refractivity contribution is 5.26. The molecule has 0 aliphatic rings. The lowest BCUT2D eigenvalue weighted by Crippen LogP contribution is -2.24. The highest BCUT2D eigenvalue weighted by Crippen LogP contribution is 2.22. The lowest BCUT2D eigenvalue weighted by molar-refractivity contribution is 0.537. The Labute approximate surface area is 106 Å². The lowest BCUT2D eigenvalue weighted by Gasteiger charge is -2.17. The van der Waals surface area contributed by atoms with Gasteiger partial charge in [-0.05, 0) is 19.0 Å². The van der Waals surface area contributed by atoms with Gasteiger partial charge in [0, 0.05) is 25.0 Å². The number of aryl methyl sites for hydroxylation is 1. The molecule has 0 aliphatic heterocycles. The van der Waals surface area contributed by atoms with E-state index in [-0.39, 0.29) is 11.9 Å². The summed E-state index contributed by atoms with van der Waals surface area (Å²) in [5, 5.41) is 3.31. The largest absolute Gasteiger partial charge is 0.340 e. The van der Waals surface area contributed by atoms with Crippen LogP contribution in [0.5, 0.6) is 0 Å². The Bertz CT molecular complexity index is 509. The maximum Gasteiger partial charge on any atom is 0.146 e. The zero-order chi connectivity index (χ0) is 13.0. The van der Waals surface area contributed by atoms with E-state index in [9.17, 15) is 4.39 Å². The van der Waals surface area contributed by atoms with Crippen LogP contribution in [0, 0.1) is 5.82 Å². The van der Waals surface area contributed by atoms with Crippen LogP contribution in [-0.4, -0.2) is 21.1 Å². The highest BCUT2D eigenvalue weighted by Gasteiger charge is 2.19. The van der Waals surface area contributed by atoms with Gasteiger partial charge >= 0.3 is 0 Å². The summed E-state index contributed by atoms with van der Waals surface area (Å²) in [6.45, 7) is 2.88. The van der Waals surface area contributed by atoms with E-state index in [1.165, 1.54) is 6.20 Å². The maximum absolute atomic E-state index is 13.8. The van der Waals surface area contributed by atoms with Gasteiger partial charge in [0.1, 0.15) is 5.82 Å². The van der Waals surface area contributed by atoms with Gasteiger partial charge < -0.3 is 9.88 Å². The Morgan fingerprint density at radius 1 is 1.50 bits per heavy atom. The average molecular weight is 248 g/mol. The number of hydrogen-bond donors (Lipinski definition) is 1. The molecule has 0 amide bonds. The van der Waals surface area contributed by atoms with Gasteiger partial charge in [-0.1, -0.05) is 6.92 Å². The second kappa shape index (κ2) is 5.73. The van der Waals surface area contributed by atoms with Crippen molar-refractivity contribution in [3.63, 3.8) is 0 Å². The molecule has 2 rings (SSSR count). The van der Waals surface area contributed by atoms with Gasteiger partial charge in [-0.25, -0.2) is 9.37 Å². The number of aromatic nitrogens is 3. The molecule has 5 heteroatoms. The molecule has 0 fully saturated rings. The van der Waals surface area contributed by atoms with Crippen molar-refractivity contribution in [2.24, 2.45) is 7.05 Å². The van der Waals surface area contributed by atoms with Crippen LogP contribution in [0.4, 0.5) is 4.39 Å². The first-order chi connectivity index (χ1) is 8.72. The van der Waals surface area contributed by atoms with Crippen molar-refractivity contribution >= 4 is 0 Å². The van der Waals surface area contributed by atoms with Crippen LogP contribution in [0.25, 0.3) is 0 Å². The molecule has 2 aromatic heterocycles. The minimum Gasteiger partial charge on any atom is -0.340 e. The molecule has 0 bridgehead atoms. The van der Waals surface area contributed by atoms with Gasteiger partial charge in [0.05, 0.1) is 24.3 Å². The predicted molar refractivity (Wildman–Crippen MR) is 67.5 cm³/mol. The van der Waals surface area contributed by atoms with E-state index in [0.717, 1.165) is 18.7 Å². The second-order valence-electron chi connectivity index (χ2n) is 4.25. The summed E-state index contributed by atoms with van der Waals surface area (Å²) >= 11 is 0. The first-order valence-electron chi connectivity index (χ1n) is 6.03. The maximum atomic E-state index is 13.8. The van der Waals surface area contributed by atoms with Gasteiger partial charge in [-0.2, -0.15) is 0 Å². The molecule has 0 saturated carbocycles. The molecule has 0 aliphatic carbocycles. The summed E-state index contributed by atoms with van der Waals surface area (Å²) in [6, 6.07) is 1.46. The van der Waals surface area contributed by atoms with E-state index in [0.29, 0.717) is 5.56 Å². The molecule has 0 aromatic carbocycles. The Hall–Kier alpha value is -1.75. The van der Waals surface area contributed by atoms with Gasteiger partial charge in [-0.15, -0.1) is 0 Å². The fraction of sp³-hybridized carbons (Fsp3) is 0.385. The second-order valence-corrected chi connectivity index (χ2v) is 4.25.